The number of unbranched alkanes of at least 4 members (excludes halogenated alkanes) is 1. The maximum atomic E-state index is 12.2. The number of thiocarbonyl (C=S) groups is 1. The number of hydrogen-bond acceptors (Lipinski definition) is 3. The predicted octanol–water partition coefficient (Wildman–Crippen LogP) is 2.38. The summed E-state index contributed by atoms with van der Waals surface area (Å²) in [5, 5.41) is 2.87. The highest BCUT2D eigenvalue weighted by Gasteiger charge is 2.22. The van der Waals surface area contributed by atoms with Crippen LogP contribution in [0.25, 0.3) is 0 Å². The van der Waals surface area contributed by atoms with Crippen molar-refractivity contribution in [2.45, 2.75) is 32.1 Å². The van der Waals surface area contributed by atoms with Gasteiger partial charge in [0.25, 0.3) is 0 Å². The van der Waals surface area contributed by atoms with Gasteiger partial charge in [0.05, 0.1) is 4.99 Å². The highest BCUT2D eigenvalue weighted by atomic mass is 32.1. The Balaban J connectivity index is 2.36. The summed E-state index contributed by atoms with van der Waals surface area (Å²) in [6.07, 6.45) is 2.99. The third-order valence-corrected chi connectivity index (χ3v) is 3.32. The topological polar surface area (TPSA) is 64.3 Å². The third-order valence-electron chi connectivity index (χ3n) is 3.09. The number of nitrogens with two attached hydrogens (primary N) is 1. The number of hydrogen-bond donors (Lipinski definition) is 2. The molecular weight excluding hydrogens is 284 g/mol. The maximum Gasteiger partial charge on any atom is 0.234 e. The van der Waals surface area contributed by atoms with E-state index in [1.807, 2.05) is 30.3 Å². The Morgan fingerprint density at radius 2 is 1.95 bits per heavy atom. The van der Waals surface area contributed by atoms with E-state index in [-0.39, 0.29) is 10.9 Å². The number of nitrogens with one attached hydrogen (secondary N) is 1. The molecule has 0 saturated heterocycles. The van der Waals surface area contributed by atoms with Crippen LogP contribution in [0, 0.1) is 0 Å². The number of carbonyl (C=O) groups excluding carboxylic acids is 1. The fourth-order valence-electron chi connectivity index (χ4n) is 1.93. The quantitative estimate of drug-likeness (QED) is 0.514. The molecule has 0 fully saturated rings. The van der Waals surface area contributed by atoms with Gasteiger partial charge in [0.15, 0.2) is 0 Å². The van der Waals surface area contributed by atoms with Gasteiger partial charge in [0.2, 0.25) is 5.91 Å². The maximum absolute atomic E-state index is 12.2. The zero-order valence-corrected chi connectivity index (χ0v) is 13.3. The van der Waals surface area contributed by atoms with Gasteiger partial charge in [-0.05, 0) is 18.4 Å². The van der Waals surface area contributed by atoms with Crippen LogP contribution in [-0.2, 0) is 9.53 Å². The first kappa shape index (κ1) is 17.6. The molecule has 0 spiro atoms. The Bertz CT molecular complexity index is 437. The Kier molecular flexibility index (Phi) is 8.62. The van der Waals surface area contributed by atoms with E-state index in [2.05, 4.69) is 12.2 Å². The van der Waals surface area contributed by atoms with Crippen LogP contribution in [-0.4, -0.2) is 30.7 Å². The smallest absolute Gasteiger partial charge is 0.234 e. The van der Waals surface area contributed by atoms with Gasteiger partial charge in [0.1, 0.15) is 5.92 Å². The molecule has 0 aromatic heterocycles. The van der Waals surface area contributed by atoms with Gasteiger partial charge >= 0.3 is 0 Å². The van der Waals surface area contributed by atoms with Crippen LogP contribution in [0.1, 0.15) is 37.7 Å². The van der Waals surface area contributed by atoms with E-state index in [9.17, 15) is 4.79 Å². The van der Waals surface area contributed by atoms with E-state index in [4.69, 9.17) is 22.7 Å². The van der Waals surface area contributed by atoms with Crippen molar-refractivity contribution in [2.75, 3.05) is 19.8 Å². The van der Waals surface area contributed by atoms with Crippen LogP contribution < -0.4 is 11.1 Å². The van der Waals surface area contributed by atoms with Crippen LogP contribution in [0.3, 0.4) is 0 Å². The summed E-state index contributed by atoms with van der Waals surface area (Å²) in [5.74, 6) is -0.718. The first-order chi connectivity index (χ1) is 10.2. The van der Waals surface area contributed by atoms with Crippen molar-refractivity contribution in [3.63, 3.8) is 0 Å². The largest absolute Gasteiger partial charge is 0.392 e. The van der Waals surface area contributed by atoms with Gasteiger partial charge in [0, 0.05) is 19.8 Å². The molecule has 1 aromatic rings. The Morgan fingerprint density at radius 1 is 1.29 bits per heavy atom. The molecule has 0 radical (unpaired) electrons. The fraction of sp³-hybridized carbons (Fsp3) is 0.500. The number of amides is 1. The molecule has 1 aromatic carbocycles. The molecule has 0 aliphatic rings. The standard InChI is InChI=1S/C16H24N2O2S/c1-2-3-11-20-12-7-10-18-16(19)14(15(17)21)13-8-5-4-6-9-13/h4-6,8-9,14H,2-3,7,10-12H2,1H3,(H2,17,21)(H,18,19). The lowest BCUT2D eigenvalue weighted by Crippen LogP contribution is -2.36. The minimum atomic E-state index is -0.567. The van der Waals surface area contributed by atoms with Gasteiger partial charge in [-0.3, -0.25) is 4.79 Å². The summed E-state index contributed by atoms with van der Waals surface area (Å²) < 4.78 is 5.45. The van der Waals surface area contributed by atoms with E-state index < -0.39 is 5.92 Å². The van der Waals surface area contributed by atoms with Crippen LogP contribution in [0.2, 0.25) is 0 Å². The normalized spacial score (nSPS) is 11.9. The molecule has 116 valence electrons. The predicted molar refractivity (Wildman–Crippen MR) is 89.3 cm³/mol. The zero-order chi connectivity index (χ0) is 15.5. The Hall–Kier alpha value is -1.46. The Labute approximate surface area is 132 Å². The lowest BCUT2D eigenvalue weighted by molar-refractivity contribution is -0.121. The van der Waals surface area contributed by atoms with Gasteiger partial charge in [-0.2, -0.15) is 0 Å². The third kappa shape index (κ3) is 6.69. The summed E-state index contributed by atoms with van der Waals surface area (Å²) >= 11 is 5.02. The van der Waals surface area contributed by atoms with Crippen LogP contribution in [0.15, 0.2) is 30.3 Å². The van der Waals surface area contributed by atoms with Crippen LogP contribution in [0.4, 0.5) is 0 Å². The highest BCUT2D eigenvalue weighted by Crippen LogP contribution is 2.16. The van der Waals surface area contributed by atoms with Crippen molar-refractivity contribution >= 4 is 23.1 Å². The lowest BCUT2D eigenvalue weighted by atomic mass is 9.98. The SMILES string of the molecule is CCCCOCCCNC(=O)C(C(N)=S)c1ccccc1. The molecule has 3 N–H and O–H groups in total. The molecule has 21 heavy (non-hydrogen) atoms. The molecular formula is C16H24N2O2S. The average molecular weight is 308 g/mol. The molecule has 0 heterocycles. The molecule has 0 aliphatic carbocycles. The van der Waals surface area contributed by atoms with E-state index in [0.29, 0.717) is 13.2 Å². The number of benzene rings is 1. The molecule has 1 atom stereocenters. The second kappa shape index (κ2) is 10.3. The van der Waals surface area contributed by atoms with Crippen LogP contribution in [0.5, 0.6) is 0 Å². The second-order valence-corrected chi connectivity index (χ2v) is 5.33. The summed E-state index contributed by atoms with van der Waals surface area (Å²) in [6.45, 7) is 4.13. The van der Waals surface area contributed by atoms with Crippen LogP contribution >= 0.6 is 12.2 Å². The molecule has 1 rings (SSSR count). The van der Waals surface area contributed by atoms with Gasteiger partial charge < -0.3 is 15.8 Å². The van der Waals surface area contributed by atoms with Crippen molar-refractivity contribution in [1.82, 2.24) is 5.32 Å². The van der Waals surface area contributed by atoms with E-state index in [0.717, 1.165) is 31.4 Å². The van der Waals surface area contributed by atoms with Crippen molar-refractivity contribution in [1.29, 1.82) is 0 Å². The first-order valence-corrected chi connectivity index (χ1v) is 7.77. The summed E-state index contributed by atoms with van der Waals surface area (Å²) in [7, 11) is 0. The molecule has 4 nitrogen and oxygen atoms in total. The minimum absolute atomic E-state index is 0.151. The molecule has 0 bridgehead atoms. The number of ether oxygens (including phenoxy) is 1. The molecule has 1 amide bonds. The number of rotatable bonds is 10. The van der Waals surface area contributed by atoms with Gasteiger partial charge in [-0.25, -0.2) is 0 Å². The molecule has 0 aliphatic heterocycles. The summed E-state index contributed by atoms with van der Waals surface area (Å²) in [4.78, 5) is 12.4. The van der Waals surface area contributed by atoms with Crippen molar-refractivity contribution < 1.29 is 9.53 Å². The zero-order valence-electron chi connectivity index (χ0n) is 12.5. The fourth-order valence-corrected chi connectivity index (χ4v) is 2.17. The molecule has 1 unspecified atom stereocenters. The highest BCUT2D eigenvalue weighted by molar-refractivity contribution is 7.80. The summed E-state index contributed by atoms with van der Waals surface area (Å²) in [6, 6.07) is 9.35. The van der Waals surface area contributed by atoms with E-state index in [1.54, 1.807) is 0 Å². The van der Waals surface area contributed by atoms with Gasteiger partial charge in [-0.1, -0.05) is 55.9 Å². The molecule has 0 saturated carbocycles. The lowest BCUT2D eigenvalue weighted by Gasteiger charge is -2.16. The van der Waals surface area contributed by atoms with E-state index >= 15 is 0 Å². The van der Waals surface area contributed by atoms with Gasteiger partial charge in [-0.15, -0.1) is 0 Å². The van der Waals surface area contributed by atoms with E-state index in [1.165, 1.54) is 0 Å². The second-order valence-electron chi connectivity index (χ2n) is 4.86. The minimum Gasteiger partial charge on any atom is -0.392 e. The van der Waals surface area contributed by atoms with Crippen molar-refractivity contribution in [3.8, 4) is 0 Å². The monoisotopic (exact) mass is 308 g/mol. The van der Waals surface area contributed by atoms with Crippen molar-refractivity contribution in [2.24, 2.45) is 5.73 Å². The number of carbonyl (C=O) groups is 1. The average Bonchev–Trinajstić information content (AvgIpc) is 2.47. The summed E-state index contributed by atoms with van der Waals surface area (Å²) in [5.41, 5.74) is 6.52. The molecule has 5 heteroatoms. The first-order valence-electron chi connectivity index (χ1n) is 7.36. The van der Waals surface area contributed by atoms with Crippen molar-refractivity contribution in [3.05, 3.63) is 35.9 Å². The Morgan fingerprint density at radius 3 is 2.57 bits per heavy atom.